The molecule has 0 radical (unpaired) electrons. The van der Waals surface area contributed by atoms with E-state index in [2.05, 4.69) is 84.9 Å². The Morgan fingerprint density at radius 3 is 0.920 bits per heavy atom. The number of hydrogen-bond acceptors (Lipinski definition) is 1. The van der Waals surface area contributed by atoms with Crippen LogP contribution in [0.4, 0.5) is 0 Å². The summed E-state index contributed by atoms with van der Waals surface area (Å²) in [7, 11) is 0. The lowest BCUT2D eigenvalue weighted by atomic mass is 9.97. The van der Waals surface area contributed by atoms with E-state index in [-0.39, 0.29) is 6.61 Å². The molecule has 0 aromatic heterocycles. The molecule has 0 saturated carbocycles. The highest BCUT2D eigenvalue weighted by molar-refractivity contribution is 6.08. The van der Waals surface area contributed by atoms with Gasteiger partial charge in [-0.1, -0.05) is 48.5 Å². The minimum absolute atomic E-state index is 0.250. The van der Waals surface area contributed by atoms with Gasteiger partial charge in [0.2, 0.25) is 0 Å². The van der Waals surface area contributed by atoms with Gasteiger partial charge in [-0.25, -0.2) is 0 Å². The van der Waals surface area contributed by atoms with Gasteiger partial charge in [0.1, 0.15) is 0 Å². The summed E-state index contributed by atoms with van der Waals surface area (Å²) in [5.74, 6) is 0. The maximum absolute atomic E-state index is 7.57. The Labute approximate surface area is 147 Å². The Hall–Kier alpha value is -2.90. The first kappa shape index (κ1) is 15.6. The van der Waals surface area contributed by atoms with E-state index >= 15 is 0 Å². The van der Waals surface area contributed by atoms with Crippen molar-refractivity contribution in [1.29, 1.82) is 0 Å². The number of benzene rings is 5. The highest BCUT2D eigenvalue weighted by Gasteiger charge is 2.02. The van der Waals surface area contributed by atoms with Crippen molar-refractivity contribution >= 4 is 43.1 Å². The third kappa shape index (κ3) is 2.95. The molecule has 122 valence electrons. The number of aliphatic hydroxyl groups is 1. The van der Waals surface area contributed by atoms with E-state index in [1.54, 1.807) is 6.92 Å². The van der Waals surface area contributed by atoms with Gasteiger partial charge in [-0.05, 0) is 86.4 Å². The molecule has 1 N–H and O–H groups in total. The molecule has 5 rings (SSSR count). The third-order valence-corrected chi connectivity index (χ3v) is 4.52. The summed E-state index contributed by atoms with van der Waals surface area (Å²) >= 11 is 0. The van der Waals surface area contributed by atoms with Crippen molar-refractivity contribution in [2.45, 2.75) is 6.92 Å². The molecule has 0 aliphatic rings. The molecule has 0 heterocycles. The lowest BCUT2D eigenvalue weighted by molar-refractivity contribution is 0.318. The van der Waals surface area contributed by atoms with Gasteiger partial charge in [0.15, 0.2) is 0 Å². The zero-order valence-corrected chi connectivity index (χ0v) is 14.2. The summed E-state index contributed by atoms with van der Waals surface area (Å²) in [6.45, 7) is 1.93. The van der Waals surface area contributed by atoms with Crippen molar-refractivity contribution < 1.29 is 5.11 Å². The maximum Gasteiger partial charge on any atom is 0.0402 e. The average Bonchev–Trinajstić information content (AvgIpc) is 2.63. The van der Waals surface area contributed by atoms with Gasteiger partial charge in [-0.15, -0.1) is 0 Å². The molecule has 0 bridgehead atoms. The molecule has 5 aromatic rings. The first-order valence-corrected chi connectivity index (χ1v) is 8.64. The molecule has 0 saturated heterocycles. The van der Waals surface area contributed by atoms with Crippen LogP contribution >= 0.6 is 0 Å². The summed E-state index contributed by atoms with van der Waals surface area (Å²) < 4.78 is 0. The molecule has 0 spiro atoms. The molecular weight excluding hydrogens is 304 g/mol. The van der Waals surface area contributed by atoms with Gasteiger partial charge >= 0.3 is 0 Å². The van der Waals surface area contributed by atoms with Gasteiger partial charge in [0.05, 0.1) is 0 Å². The monoisotopic (exact) mass is 324 g/mol. The fourth-order valence-electron chi connectivity index (χ4n) is 3.39. The second-order valence-electron chi connectivity index (χ2n) is 6.26. The van der Waals surface area contributed by atoms with Crippen LogP contribution in [0.3, 0.4) is 0 Å². The van der Waals surface area contributed by atoms with Gasteiger partial charge in [0.25, 0.3) is 0 Å². The first-order chi connectivity index (χ1) is 12.3. The summed E-state index contributed by atoms with van der Waals surface area (Å²) in [5.41, 5.74) is 0. The van der Waals surface area contributed by atoms with Crippen LogP contribution < -0.4 is 0 Å². The van der Waals surface area contributed by atoms with E-state index in [0.29, 0.717) is 0 Å². The summed E-state index contributed by atoms with van der Waals surface area (Å²) in [4.78, 5) is 0. The summed E-state index contributed by atoms with van der Waals surface area (Å²) in [6.07, 6.45) is 0. The van der Waals surface area contributed by atoms with Crippen LogP contribution in [0.15, 0.2) is 84.9 Å². The van der Waals surface area contributed by atoms with Crippen molar-refractivity contribution in [3.63, 3.8) is 0 Å². The molecule has 5 aromatic carbocycles. The lowest BCUT2D eigenvalue weighted by Gasteiger charge is -2.07. The average molecular weight is 324 g/mol. The van der Waals surface area contributed by atoms with Crippen LogP contribution in [-0.4, -0.2) is 11.7 Å². The van der Waals surface area contributed by atoms with E-state index < -0.39 is 0 Å². The van der Waals surface area contributed by atoms with E-state index in [4.69, 9.17) is 5.11 Å². The maximum atomic E-state index is 7.57. The van der Waals surface area contributed by atoms with Crippen LogP contribution in [0.5, 0.6) is 0 Å². The Bertz CT molecular complexity index is 1000. The number of hydrogen-bond donors (Lipinski definition) is 1. The van der Waals surface area contributed by atoms with Crippen LogP contribution in [0.25, 0.3) is 43.1 Å². The quantitative estimate of drug-likeness (QED) is 0.331. The number of aliphatic hydroxyl groups excluding tert-OH is 1. The number of fused-ring (bicyclic) bond motifs is 4. The van der Waals surface area contributed by atoms with E-state index in [1.807, 2.05) is 0 Å². The van der Waals surface area contributed by atoms with E-state index in [0.717, 1.165) is 0 Å². The predicted octanol–water partition coefficient (Wildman–Crippen LogP) is 6.30. The lowest BCUT2D eigenvalue weighted by Crippen LogP contribution is -1.80. The molecule has 0 aliphatic heterocycles. The molecule has 0 aliphatic carbocycles. The fraction of sp³-hybridized carbons (Fsp3) is 0.0833. The van der Waals surface area contributed by atoms with Gasteiger partial charge < -0.3 is 5.11 Å². The SMILES string of the molecule is CCO.c1ccc2cc3cc4cc5ccccc5cc4cc3cc2c1. The van der Waals surface area contributed by atoms with Crippen LogP contribution in [0.1, 0.15) is 6.92 Å². The molecule has 25 heavy (non-hydrogen) atoms. The van der Waals surface area contributed by atoms with Crippen LogP contribution in [0, 0.1) is 0 Å². The standard InChI is InChI=1S/C22H14.C2H6O/c1-2-6-16-10-20-14-22-12-18-8-4-3-7-17(18)11-21(22)13-19(20)9-15(16)5-1;1-2-3/h1-14H;3H,2H2,1H3. The predicted molar refractivity (Wildman–Crippen MR) is 109 cm³/mol. The van der Waals surface area contributed by atoms with Crippen LogP contribution in [0.2, 0.25) is 0 Å². The topological polar surface area (TPSA) is 20.2 Å². The Morgan fingerprint density at radius 2 is 0.680 bits per heavy atom. The van der Waals surface area contributed by atoms with E-state index in [9.17, 15) is 0 Å². The number of rotatable bonds is 0. The molecular formula is C24H20O. The van der Waals surface area contributed by atoms with Gasteiger partial charge in [-0.3, -0.25) is 0 Å². The van der Waals surface area contributed by atoms with Gasteiger partial charge in [0, 0.05) is 6.61 Å². The first-order valence-electron chi connectivity index (χ1n) is 8.64. The van der Waals surface area contributed by atoms with E-state index in [1.165, 1.54) is 43.1 Å². The zero-order chi connectivity index (χ0) is 17.2. The van der Waals surface area contributed by atoms with Crippen molar-refractivity contribution in [1.82, 2.24) is 0 Å². The molecule has 1 nitrogen and oxygen atoms in total. The third-order valence-electron chi connectivity index (χ3n) is 4.52. The highest BCUT2D eigenvalue weighted by atomic mass is 16.2. The second-order valence-corrected chi connectivity index (χ2v) is 6.26. The molecule has 1 heteroatoms. The minimum Gasteiger partial charge on any atom is -0.397 e. The highest BCUT2D eigenvalue weighted by Crippen LogP contribution is 2.29. The molecule has 0 fully saturated rings. The van der Waals surface area contributed by atoms with Crippen molar-refractivity contribution in [2.75, 3.05) is 6.61 Å². The normalized spacial score (nSPS) is 11.0. The Balaban J connectivity index is 0.000000490. The smallest absolute Gasteiger partial charge is 0.0402 e. The minimum atomic E-state index is 0.250. The van der Waals surface area contributed by atoms with Crippen molar-refractivity contribution in [2.24, 2.45) is 0 Å². The van der Waals surface area contributed by atoms with Crippen LogP contribution in [-0.2, 0) is 0 Å². The summed E-state index contributed by atoms with van der Waals surface area (Å²) in [5, 5.41) is 18.0. The largest absolute Gasteiger partial charge is 0.397 e. The Morgan fingerprint density at radius 1 is 0.480 bits per heavy atom. The van der Waals surface area contributed by atoms with Gasteiger partial charge in [-0.2, -0.15) is 0 Å². The molecule has 0 unspecified atom stereocenters. The Kier molecular flexibility index (Phi) is 4.09. The molecule has 0 amide bonds. The summed E-state index contributed by atoms with van der Waals surface area (Å²) in [6, 6.07) is 30.9. The fourth-order valence-corrected chi connectivity index (χ4v) is 3.39. The zero-order valence-electron chi connectivity index (χ0n) is 14.2. The second kappa shape index (κ2) is 6.54. The molecule has 0 atom stereocenters. The van der Waals surface area contributed by atoms with Crippen molar-refractivity contribution in [3.8, 4) is 0 Å². The van der Waals surface area contributed by atoms with Crippen molar-refractivity contribution in [3.05, 3.63) is 84.9 Å².